The number of anilines is 1. The molecule has 1 aliphatic carbocycles. The third kappa shape index (κ3) is 4.87. The fourth-order valence-corrected chi connectivity index (χ4v) is 2.91. The van der Waals surface area contributed by atoms with Crippen molar-refractivity contribution in [1.29, 1.82) is 0 Å². The van der Waals surface area contributed by atoms with Gasteiger partial charge in [-0.05, 0) is 67.1 Å². The van der Waals surface area contributed by atoms with Crippen molar-refractivity contribution < 1.29 is 4.74 Å². The summed E-state index contributed by atoms with van der Waals surface area (Å²) in [5, 5.41) is 3.18. The van der Waals surface area contributed by atoms with Crippen LogP contribution in [0.1, 0.15) is 30.0 Å². The molecule has 0 unspecified atom stereocenters. The summed E-state index contributed by atoms with van der Waals surface area (Å²) in [5.74, 6) is 1.30. The number of fused-ring (bicyclic) bond motifs is 1. The van der Waals surface area contributed by atoms with Gasteiger partial charge in [-0.15, -0.1) is 24.0 Å². The predicted octanol–water partition coefficient (Wildman–Crippen LogP) is 4.12. The number of ether oxygens (including phenoxy) is 1. The lowest BCUT2D eigenvalue weighted by molar-refractivity contribution is 0.340. The number of nitrogens with zero attached hydrogens (tertiary/aromatic N) is 1. The van der Waals surface area contributed by atoms with Crippen molar-refractivity contribution in [3.63, 3.8) is 0 Å². The maximum atomic E-state index is 6.00. The Morgan fingerprint density at radius 1 is 1.17 bits per heavy atom. The van der Waals surface area contributed by atoms with E-state index in [0.717, 1.165) is 23.4 Å². The highest BCUT2D eigenvalue weighted by molar-refractivity contribution is 14.0. The van der Waals surface area contributed by atoms with Crippen molar-refractivity contribution in [2.45, 2.75) is 32.7 Å². The van der Waals surface area contributed by atoms with E-state index in [1.807, 2.05) is 31.2 Å². The molecule has 0 saturated carbocycles. The van der Waals surface area contributed by atoms with Crippen LogP contribution in [0.15, 0.2) is 47.5 Å². The predicted molar refractivity (Wildman–Crippen MR) is 110 cm³/mol. The molecule has 3 N–H and O–H groups in total. The monoisotopic (exact) mass is 437 g/mol. The molecular weight excluding hydrogens is 413 g/mol. The number of hydrogen-bond donors (Lipinski definition) is 2. The summed E-state index contributed by atoms with van der Waals surface area (Å²) >= 11 is 0. The lowest BCUT2D eigenvalue weighted by atomic mass is 10.1. The Morgan fingerprint density at radius 3 is 2.83 bits per heavy atom. The molecule has 0 heterocycles. The van der Waals surface area contributed by atoms with Crippen LogP contribution >= 0.6 is 24.0 Å². The number of nitrogens with two attached hydrogens (primary N) is 1. The van der Waals surface area contributed by atoms with Gasteiger partial charge in [-0.25, -0.2) is 4.99 Å². The Balaban J connectivity index is 0.00000208. The highest BCUT2D eigenvalue weighted by Crippen LogP contribution is 2.24. The van der Waals surface area contributed by atoms with Crippen LogP contribution in [0, 0.1) is 0 Å². The largest absolute Gasteiger partial charge is 0.494 e. The molecule has 4 nitrogen and oxygen atoms in total. The Kier molecular flexibility index (Phi) is 6.90. The van der Waals surface area contributed by atoms with Gasteiger partial charge in [0.05, 0.1) is 13.2 Å². The van der Waals surface area contributed by atoms with Gasteiger partial charge in [-0.3, -0.25) is 0 Å². The summed E-state index contributed by atoms with van der Waals surface area (Å²) in [7, 11) is 0. The van der Waals surface area contributed by atoms with Crippen molar-refractivity contribution >= 4 is 35.6 Å². The lowest BCUT2D eigenvalue weighted by Crippen LogP contribution is -2.22. The van der Waals surface area contributed by atoms with E-state index in [9.17, 15) is 0 Å². The minimum absolute atomic E-state index is 0. The van der Waals surface area contributed by atoms with Gasteiger partial charge in [-0.1, -0.05) is 18.2 Å². The lowest BCUT2D eigenvalue weighted by Gasteiger charge is -2.08. The molecule has 0 fully saturated rings. The van der Waals surface area contributed by atoms with Gasteiger partial charge in [0.25, 0.3) is 0 Å². The third-order valence-corrected chi connectivity index (χ3v) is 4.01. The molecule has 0 spiro atoms. The van der Waals surface area contributed by atoms with Crippen molar-refractivity contribution in [2.75, 3.05) is 11.9 Å². The van der Waals surface area contributed by atoms with Crippen LogP contribution in [0.25, 0.3) is 0 Å². The van der Waals surface area contributed by atoms with E-state index in [0.29, 0.717) is 19.1 Å². The van der Waals surface area contributed by atoms with E-state index in [2.05, 4.69) is 28.5 Å². The van der Waals surface area contributed by atoms with Gasteiger partial charge in [0.2, 0.25) is 0 Å². The number of rotatable bonds is 5. The maximum Gasteiger partial charge on any atom is 0.193 e. The molecule has 0 radical (unpaired) electrons. The first-order valence-electron chi connectivity index (χ1n) is 8.15. The molecular formula is C19H24IN3O. The Morgan fingerprint density at radius 2 is 2.00 bits per heavy atom. The second-order valence-corrected chi connectivity index (χ2v) is 5.74. The van der Waals surface area contributed by atoms with Gasteiger partial charge < -0.3 is 15.8 Å². The summed E-state index contributed by atoms with van der Waals surface area (Å²) in [6.45, 7) is 3.17. The van der Waals surface area contributed by atoms with Gasteiger partial charge in [0, 0.05) is 5.69 Å². The molecule has 0 amide bonds. The molecule has 0 aliphatic heterocycles. The first-order chi connectivity index (χ1) is 11.2. The number of hydrogen-bond acceptors (Lipinski definition) is 2. The number of nitrogens with one attached hydrogen (secondary N) is 1. The Hall–Kier alpha value is -1.76. The van der Waals surface area contributed by atoms with Crippen molar-refractivity contribution in [3.8, 4) is 5.75 Å². The molecule has 128 valence electrons. The smallest absolute Gasteiger partial charge is 0.193 e. The summed E-state index contributed by atoms with van der Waals surface area (Å²) < 4.78 is 5.50. The Bertz CT molecular complexity index is 716. The van der Waals surface area contributed by atoms with Crippen molar-refractivity contribution in [3.05, 3.63) is 59.2 Å². The normalized spacial score (nSPS) is 13.1. The standard InChI is InChI=1S/C19H23N3O.HI/c1-2-23-18-8-3-5-14(11-18)13-21-19(20)22-17-10-9-15-6-4-7-16(15)12-17;/h3,5,8-12H,2,4,6-7,13H2,1H3,(H3,20,21,22);1H. The van der Waals surface area contributed by atoms with E-state index in [-0.39, 0.29) is 24.0 Å². The minimum atomic E-state index is 0. The minimum Gasteiger partial charge on any atom is -0.494 e. The summed E-state index contributed by atoms with van der Waals surface area (Å²) in [6, 6.07) is 14.4. The molecule has 5 heteroatoms. The Labute approximate surface area is 160 Å². The fraction of sp³-hybridized carbons (Fsp3) is 0.316. The summed E-state index contributed by atoms with van der Waals surface area (Å²) in [4.78, 5) is 4.41. The van der Waals surface area contributed by atoms with Crippen LogP contribution in [0.5, 0.6) is 5.75 Å². The summed E-state index contributed by atoms with van der Waals surface area (Å²) in [5.41, 5.74) is 11.0. The van der Waals surface area contributed by atoms with Gasteiger partial charge in [0.15, 0.2) is 5.96 Å². The zero-order valence-corrected chi connectivity index (χ0v) is 16.2. The van der Waals surface area contributed by atoms with Crippen LogP contribution in [0.2, 0.25) is 0 Å². The first kappa shape index (κ1) is 18.6. The third-order valence-electron chi connectivity index (χ3n) is 4.01. The quantitative estimate of drug-likeness (QED) is 0.421. The summed E-state index contributed by atoms with van der Waals surface area (Å²) in [6.07, 6.45) is 3.60. The number of halogens is 1. The number of benzene rings is 2. The van der Waals surface area contributed by atoms with Crippen LogP contribution < -0.4 is 15.8 Å². The van der Waals surface area contributed by atoms with Crippen LogP contribution in [-0.2, 0) is 19.4 Å². The molecule has 1 aliphatic rings. The molecule has 0 bridgehead atoms. The number of guanidine groups is 1. The van der Waals surface area contributed by atoms with Crippen molar-refractivity contribution in [2.24, 2.45) is 10.7 Å². The van der Waals surface area contributed by atoms with E-state index < -0.39 is 0 Å². The van der Waals surface area contributed by atoms with Gasteiger partial charge in [-0.2, -0.15) is 0 Å². The van der Waals surface area contributed by atoms with Gasteiger partial charge >= 0.3 is 0 Å². The molecule has 3 rings (SSSR count). The second kappa shape index (κ2) is 8.92. The van der Waals surface area contributed by atoms with Crippen LogP contribution in [-0.4, -0.2) is 12.6 Å². The zero-order valence-electron chi connectivity index (χ0n) is 13.9. The maximum absolute atomic E-state index is 6.00. The van der Waals surface area contributed by atoms with Crippen molar-refractivity contribution in [1.82, 2.24) is 0 Å². The molecule has 0 saturated heterocycles. The molecule has 24 heavy (non-hydrogen) atoms. The SMILES string of the molecule is CCOc1cccc(CN=C(N)Nc2ccc3c(c2)CCC3)c1.I. The zero-order chi connectivity index (χ0) is 16.1. The molecule has 0 atom stereocenters. The second-order valence-electron chi connectivity index (χ2n) is 5.74. The van der Waals surface area contributed by atoms with E-state index in [1.54, 1.807) is 0 Å². The number of aliphatic imine (C=N–C) groups is 1. The molecule has 2 aromatic rings. The molecule has 2 aromatic carbocycles. The van der Waals surface area contributed by atoms with Gasteiger partial charge in [0.1, 0.15) is 5.75 Å². The van der Waals surface area contributed by atoms with E-state index in [1.165, 1.54) is 24.0 Å². The van der Waals surface area contributed by atoms with Crippen LogP contribution in [0.3, 0.4) is 0 Å². The van der Waals surface area contributed by atoms with E-state index >= 15 is 0 Å². The highest BCUT2D eigenvalue weighted by atomic mass is 127. The molecule has 0 aromatic heterocycles. The first-order valence-corrected chi connectivity index (χ1v) is 8.15. The highest BCUT2D eigenvalue weighted by Gasteiger charge is 2.10. The fourth-order valence-electron chi connectivity index (χ4n) is 2.91. The average molecular weight is 437 g/mol. The number of aryl methyl sites for hydroxylation is 2. The van der Waals surface area contributed by atoms with E-state index in [4.69, 9.17) is 10.5 Å². The topological polar surface area (TPSA) is 59.6 Å². The average Bonchev–Trinajstić information content (AvgIpc) is 3.01. The van der Waals surface area contributed by atoms with Crippen LogP contribution in [0.4, 0.5) is 5.69 Å².